The number of ether oxygens (including phenoxy) is 1. The topological polar surface area (TPSA) is 99.3 Å². The SMILES string of the molecule is COc1cccc(-c2nnc(SCC(=O)c3ccc4c(c3)CCC(=O)N4)n2Cc2ccco2)c1. The number of rotatable bonds is 8. The molecule has 0 saturated carbocycles. The van der Waals surface area contributed by atoms with Gasteiger partial charge in [0.2, 0.25) is 5.91 Å². The second-order valence-corrected chi connectivity index (χ2v) is 8.78. The Morgan fingerprint density at radius 3 is 2.88 bits per heavy atom. The molecule has 3 heterocycles. The van der Waals surface area contributed by atoms with Gasteiger partial charge in [-0.2, -0.15) is 0 Å². The fraction of sp³-hybridized carbons (Fsp3) is 0.200. The maximum Gasteiger partial charge on any atom is 0.224 e. The van der Waals surface area contributed by atoms with E-state index < -0.39 is 0 Å². The summed E-state index contributed by atoms with van der Waals surface area (Å²) in [4.78, 5) is 24.5. The lowest BCUT2D eigenvalue weighted by Crippen LogP contribution is -2.19. The van der Waals surface area contributed by atoms with Gasteiger partial charge >= 0.3 is 0 Å². The number of carbonyl (C=O) groups excluding carboxylic acids is 2. The molecular weight excluding hydrogens is 452 g/mol. The first kappa shape index (κ1) is 22.0. The molecule has 1 N–H and O–H groups in total. The van der Waals surface area contributed by atoms with Crippen molar-refractivity contribution in [3.63, 3.8) is 0 Å². The van der Waals surface area contributed by atoms with Gasteiger partial charge in [-0.15, -0.1) is 10.2 Å². The highest BCUT2D eigenvalue weighted by Gasteiger charge is 2.20. The molecule has 2 aromatic carbocycles. The molecule has 0 radical (unpaired) electrons. The third-order valence-electron chi connectivity index (χ3n) is 5.59. The van der Waals surface area contributed by atoms with E-state index in [0.29, 0.717) is 35.9 Å². The lowest BCUT2D eigenvalue weighted by molar-refractivity contribution is -0.116. The molecule has 1 aliphatic heterocycles. The minimum absolute atomic E-state index is 0.00451. The predicted molar refractivity (Wildman–Crippen MR) is 128 cm³/mol. The van der Waals surface area contributed by atoms with Gasteiger partial charge in [-0.05, 0) is 54.4 Å². The first-order chi connectivity index (χ1) is 16.6. The van der Waals surface area contributed by atoms with Crippen LogP contribution in [0, 0.1) is 0 Å². The Kier molecular flexibility index (Phi) is 6.18. The number of hydrogen-bond donors (Lipinski definition) is 1. The number of thioether (sulfide) groups is 1. The largest absolute Gasteiger partial charge is 0.497 e. The maximum atomic E-state index is 13.0. The molecule has 9 heteroatoms. The summed E-state index contributed by atoms with van der Waals surface area (Å²) in [6.07, 6.45) is 2.69. The molecular formula is C25H22N4O4S. The first-order valence-electron chi connectivity index (χ1n) is 10.8. The molecule has 0 spiro atoms. The van der Waals surface area contributed by atoms with E-state index >= 15 is 0 Å². The Morgan fingerprint density at radius 2 is 2.06 bits per heavy atom. The monoisotopic (exact) mass is 474 g/mol. The normalized spacial score (nSPS) is 12.8. The number of nitrogens with zero attached hydrogens (tertiary/aromatic N) is 3. The number of methoxy groups -OCH3 is 1. The minimum Gasteiger partial charge on any atom is -0.497 e. The zero-order chi connectivity index (χ0) is 23.5. The van der Waals surface area contributed by atoms with Crippen LogP contribution in [0.2, 0.25) is 0 Å². The van der Waals surface area contributed by atoms with Crippen LogP contribution < -0.4 is 10.1 Å². The van der Waals surface area contributed by atoms with Crippen molar-refractivity contribution in [3.05, 3.63) is 77.7 Å². The van der Waals surface area contributed by atoms with Crippen LogP contribution in [0.15, 0.2) is 70.4 Å². The van der Waals surface area contributed by atoms with Gasteiger partial charge in [-0.1, -0.05) is 23.9 Å². The summed E-state index contributed by atoms with van der Waals surface area (Å²) in [7, 11) is 1.62. The predicted octanol–water partition coefficient (Wildman–Crippen LogP) is 4.45. The molecule has 8 nitrogen and oxygen atoms in total. The molecule has 5 rings (SSSR count). The van der Waals surface area contributed by atoms with E-state index in [-0.39, 0.29) is 17.4 Å². The van der Waals surface area contributed by atoms with Crippen molar-refractivity contribution >= 4 is 29.1 Å². The lowest BCUT2D eigenvalue weighted by Gasteiger charge is -2.17. The molecule has 0 saturated heterocycles. The van der Waals surface area contributed by atoms with Gasteiger partial charge in [-0.25, -0.2) is 0 Å². The van der Waals surface area contributed by atoms with Crippen LogP contribution in [0.1, 0.15) is 28.1 Å². The summed E-state index contributed by atoms with van der Waals surface area (Å²) in [5, 5.41) is 12.2. The van der Waals surface area contributed by atoms with Gasteiger partial charge in [0.05, 0.1) is 25.7 Å². The summed E-state index contributed by atoms with van der Waals surface area (Å²) >= 11 is 1.33. The molecule has 34 heavy (non-hydrogen) atoms. The molecule has 4 aromatic rings. The standard InChI is InChI=1S/C25H22N4O4S/c1-32-19-5-2-4-18(13-19)24-27-28-25(29(24)14-20-6-3-11-33-20)34-15-22(30)17-7-9-21-16(12-17)8-10-23(31)26-21/h2-7,9,11-13H,8,10,14-15H2,1H3,(H,26,31). The fourth-order valence-electron chi connectivity index (χ4n) is 3.84. The third-order valence-corrected chi connectivity index (χ3v) is 6.56. The number of anilines is 1. The van der Waals surface area contributed by atoms with Crippen molar-refractivity contribution in [2.24, 2.45) is 0 Å². The zero-order valence-corrected chi connectivity index (χ0v) is 19.3. The van der Waals surface area contributed by atoms with Gasteiger partial charge in [0, 0.05) is 23.2 Å². The van der Waals surface area contributed by atoms with Gasteiger partial charge in [0.15, 0.2) is 16.8 Å². The van der Waals surface area contributed by atoms with Gasteiger partial charge < -0.3 is 14.5 Å². The first-order valence-corrected chi connectivity index (χ1v) is 11.8. The number of furan rings is 1. The summed E-state index contributed by atoms with van der Waals surface area (Å²) in [5.74, 6) is 2.34. The smallest absolute Gasteiger partial charge is 0.224 e. The average molecular weight is 475 g/mol. The van der Waals surface area contributed by atoms with Crippen molar-refractivity contribution in [2.45, 2.75) is 24.5 Å². The Morgan fingerprint density at radius 1 is 1.15 bits per heavy atom. The number of hydrogen-bond acceptors (Lipinski definition) is 7. The fourth-order valence-corrected chi connectivity index (χ4v) is 4.67. The minimum atomic E-state index is -0.0137. The van der Waals surface area contributed by atoms with E-state index in [9.17, 15) is 9.59 Å². The van der Waals surface area contributed by atoms with Crippen molar-refractivity contribution in [3.8, 4) is 17.1 Å². The molecule has 1 aliphatic rings. The third kappa shape index (κ3) is 4.60. The van der Waals surface area contributed by atoms with Crippen LogP contribution in [0.4, 0.5) is 5.69 Å². The summed E-state index contributed by atoms with van der Waals surface area (Å²) in [6, 6.07) is 16.7. The van der Waals surface area contributed by atoms with Crippen LogP contribution in [-0.2, 0) is 17.8 Å². The maximum absolute atomic E-state index is 13.0. The molecule has 1 amide bonds. The molecule has 0 unspecified atom stereocenters. The number of benzene rings is 2. The Hall–Kier alpha value is -3.85. The average Bonchev–Trinajstić information content (AvgIpc) is 3.52. The molecule has 0 bridgehead atoms. The second-order valence-electron chi connectivity index (χ2n) is 7.84. The quantitative estimate of drug-likeness (QED) is 0.297. The van der Waals surface area contributed by atoms with Crippen molar-refractivity contribution < 1.29 is 18.7 Å². The summed E-state index contributed by atoms with van der Waals surface area (Å²) < 4.78 is 12.8. The van der Waals surface area contributed by atoms with E-state index in [4.69, 9.17) is 9.15 Å². The summed E-state index contributed by atoms with van der Waals surface area (Å²) in [5.41, 5.74) is 3.24. The van der Waals surface area contributed by atoms with Crippen molar-refractivity contribution in [1.82, 2.24) is 14.8 Å². The van der Waals surface area contributed by atoms with Crippen LogP contribution in [0.3, 0.4) is 0 Å². The van der Waals surface area contributed by atoms with Crippen molar-refractivity contribution in [1.29, 1.82) is 0 Å². The molecule has 0 fully saturated rings. The Labute approximate surface area is 200 Å². The zero-order valence-electron chi connectivity index (χ0n) is 18.5. The van der Waals surface area contributed by atoms with Crippen LogP contribution >= 0.6 is 11.8 Å². The Balaban J connectivity index is 1.38. The van der Waals surface area contributed by atoms with Gasteiger partial charge in [0.25, 0.3) is 0 Å². The van der Waals surface area contributed by atoms with Crippen molar-refractivity contribution in [2.75, 3.05) is 18.2 Å². The highest BCUT2D eigenvalue weighted by molar-refractivity contribution is 7.99. The van der Waals surface area contributed by atoms with E-state index in [1.807, 2.05) is 47.0 Å². The highest BCUT2D eigenvalue weighted by Crippen LogP contribution is 2.29. The van der Waals surface area contributed by atoms with E-state index in [1.54, 1.807) is 25.5 Å². The van der Waals surface area contributed by atoms with Crippen LogP contribution in [0.5, 0.6) is 5.75 Å². The number of fused-ring (bicyclic) bond motifs is 1. The molecule has 0 aliphatic carbocycles. The molecule has 2 aromatic heterocycles. The van der Waals surface area contributed by atoms with E-state index in [2.05, 4.69) is 15.5 Å². The molecule has 0 atom stereocenters. The van der Waals surface area contributed by atoms with Crippen LogP contribution in [0.25, 0.3) is 11.4 Å². The number of amides is 1. The van der Waals surface area contributed by atoms with Crippen LogP contribution in [-0.4, -0.2) is 39.3 Å². The highest BCUT2D eigenvalue weighted by atomic mass is 32.2. The van der Waals surface area contributed by atoms with Gasteiger partial charge in [0.1, 0.15) is 11.5 Å². The number of aryl methyl sites for hydroxylation is 1. The number of carbonyl (C=O) groups is 2. The van der Waals surface area contributed by atoms with E-state index in [0.717, 1.165) is 28.3 Å². The Bertz CT molecular complexity index is 1350. The number of nitrogens with one attached hydrogen (secondary N) is 1. The summed E-state index contributed by atoms with van der Waals surface area (Å²) in [6.45, 7) is 0.432. The second kappa shape index (κ2) is 9.56. The number of Topliss-reactive ketones (excluding diaryl/α,β-unsaturated/α-hetero) is 1. The number of ketones is 1. The van der Waals surface area contributed by atoms with E-state index in [1.165, 1.54) is 11.8 Å². The number of aromatic nitrogens is 3. The molecule has 172 valence electrons. The van der Waals surface area contributed by atoms with Gasteiger partial charge in [-0.3, -0.25) is 14.2 Å². The lowest BCUT2D eigenvalue weighted by atomic mass is 9.99.